The normalized spacial score (nSPS) is 9.50. The van der Waals surface area contributed by atoms with Gasteiger partial charge in [-0.3, -0.25) is 0 Å². The largest absolute Gasteiger partial charge is 0.351 e. The molecule has 0 atom stereocenters. The highest BCUT2D eigenvalue weighted by Crippen LogP contribution is 2.18. The van der Waals surface area contributed by atoms with Crippen molar-refractivity contribution in [1.29, 1.82) is 0 Å². The first kappa shape index (κ1) is 8.80. The lowest BCUT2D eigenvalue weighted by Gasteiger charge is -2.03. The first-order valence-electron chi connectivity index (χ1n) is 3.29. The van der Waals surface area contributed by atoms with E-state index in [4.69, 9.17) is 17.3 Å². The zero-order chi connectivity index (χ0) is 9.14. The molecule has 1 heterocycles. The first-order valence-corrected chi connectivity index (χ1v) is 3.67. The van der Waals surface area contributed by atoms with E-state index < -0.39 is 6.03 Å². The summed E-state index contributed by atoms with van der Waals surface area (Å²) < 4.78 is 0. The molecular formula is C7H8ClN3O. The number of hydrogen-bond acceptors (Lipinski definition) is 2. The quantitative estimate of drug-likeness (QED) is 0.652. The van der Waals surface area contributed by atoms with E-state index in [2.05, 4.69) is 10.3 Å². The number of amides is 2. The lowest BCUT2D eigenvalue weighted by molar-refractivity contribution is 0.259. The van der Waals surface area contributed by atoms with E-state index in [1.165, 1.54) is 0 Å². The van der Waals surface area contributed by atoms with Gasteiger partial charge in [0.2, 0.25) is 0 Å². The average molecular weight is 186 g/mol. The van der Waals surface area contributed by atoms with Crippen LogP contribution < -0.4 is 11.1 Å². The van der Waals surface area contributed by atoms with Crippen LogP contribution in [0, 0.1) is 6.92 Å². The van der Waals surface area contributed by atoms with Gasteiger partial charge >= 0.3 is 6.03 Å². The van der Waals surface area contributed by atoms with E-state index in [0.29, 0.717) is 5.69 Å². The van der Waals surface area contributed by atoms with Crippen molar-refractivity contribution in [2.24, 2.45) is 5.73 Å². The zero-order valence-electron chi connectivity index (χ0n) is 6.47. The maximum atomic E-state index is 10.4. The van der Waals surface area contributed by atoms with Crippen molar-refractivity contribution in [1.82, 2.24) is 4.98 Å². The fourth-order valence-corrected chi connectivity index (χ4v) is 0.995. The molecule has 5 heteroatoms. The van der Waals surface area contributed by atoms with Gasteiger partial charge in [-0.15, -0.1) is 0 Å². The third kappa shape index (κ3) is 2.10. The summed E-state index contributed by atoms with van der Waals surface area (Å²) in [5, 5.41) is 2.59. The number of urea groups is 1. The lowest BCUT2D eigenvalue weighted by atomic mass is 10.3. The molecule has 64 valence electrons. The molecule has 12 heavy (non-hydrogen) atoms. The molecule has 0 saturated carbocycles. The van der Waals surface area contributed by atoms with E-state index >= 15 is 0 Å². The summed E-state index contributed by atoms with van der Waals surface area (Å²) in [6.45, 7) is 1.81. The molecule has 0 radical (unpaired) electrons. The number of nitrogens with two attached hydrogens (primary N) is 1. The average Bonchev–Trinajstić information content (AvgIpc) is 1.94. The van der Waals surface area contributed by atoms with Crippen molar-refractivity contribution in [3.63, 3.8) is 0 Å². The van der Waals surface area contributed by atoms with Crippen LogP contribution in [0.3, 0.4) is 0 Å². The highest BCUT2D eigenvalue weighted by Gasteiger charge is 2.02. The van der Waals surface area contributed by atoms with Crippen LogP contribution in [0.5, 0.6) is 0 Å². The second-order valence-electron chi connectivity index (χ2n) is 2.28. The molecule has 0 fully saturated rings. The number of primary amides is 1. The number of nitrogens with one attached hydrogen (secondary N) is 1. The topological polar surface area (TPSA) is 68.0 Å². The molecule has 0 aliphatic carbocycles. The minimum Gasteiger partial charge on any atom is -0.351 e. The Morgan fingerprint density at radius 3 is 2.83 bits per heavy atom. The molecule has 0 bridgehead atoms. The van der Waals surface area contributed by atoms with E-state index in [0.717, 1.165) is 5.69 Å². The number of halogens is 1. The summed E-state index contributed by atoms with van der Waals surface area (Å²) in [7, 11) is 0. The van der Waals surface area contributed by atoms with Crippen molar-refractivity contribution in [2.75, 3.05) is 5.32 Å². The number of hydrogen-bond donors (Lipinski definition) is 2. The van der Waals surface area contributed by atoms with Gasteiger partial charge in [-0.25, -0.2) is 9.78 Å². The molecule has 1 aromatic heterocycles. The number of carbonyl (C=O) groups is 1. The number of aryl methyl sites for hydroxylation is 1. The van der Waals surface area contributed by atoms with Crippen molar-refractivity contribution in [2.45, 2.75) is 6.92 Å². The first-order chi connectivity index (χ1) is 5.59. The molecule has 4 nitrogen and oxygen atoms in total. The lowest BCUT2D eigenvalue weighted by Crippen LogP contribution is -2.19. The predicted molar refractivity (Wildman–Crippen MR) is 47.2 cm³/mol. The van der Waals surface area contributed by atoms with E-state index in [1.54, 1.807) is 19.1 Å². The Kier molecular flexibility index (Phi) is 2.50. The van der Waals surface area contributed by atoms with Crippen LogP contribution in [0.1, 0.15) is 5.69 Å². The summed E-state index contributed by atoms with van der Waals surface area (Å²) in [5.74, 6) is 0. The Morgan fingerprint density at radius 1 is 1.67 bits per heavy atom. The highest BCUT2D eigenvalue weighted by atomic mass is 35.5. The molecule has 2 amide bonds. The van der Waals surface area contributed by atoms with Crippen LogP contribution in [-0.4, -0.2) is 11.0 Å². The van der Waals surface area contributed by atoms with Gasteiger partial charge in [0.15, 0.2) is 5.15 Å². The van der Waals surface area contributed by atoms with Crippen molar-refractivity contribution in [3.8, 4) is 0 Å². The minimum absolute atomic E-state index is 0.244. The molecular weight excluding hydrogens is 178 g/mol. The van der Waals surface area contributed by atoms with Crippen LogP contribution in [-0.2, 0) is 0 Å². The van der Waals surface area contributed by atoms with Crippen molar-refractivity contribution < 1.29 is 4.79 Å². The summed E-state index contributed by atoms with van der Waals surface area (Å²) in [6.07, 6.45) is 0. The Labute approximate surface area is 74.7 Å². The molecule has 0 saturated heterocycles. The molecule has 0 aliphatic heterocycles. The molecule has 0 aromatic carbocycles. The standard InChI is InChI=1S/C7H8ClN3O/c1-4-2-3-5(6(8)10-4)11-7(9)12/h2-3H,1H3,(H3,9,11,12). The minimum atomic E-state index is -0.650. The van der Waals surface area contributed by atoms with Gasteiger partial charge in [0.05, 0.1) is 5.69 Å². The van der Waals surface area contributed by atoms with E-state index in [1.807, 2.05) is 0 Å². The monoisotopic (exact) mass is 185 g/mol. The van der Waals surface area contributed by atoms with E-state index in [9.17, 15) is 4.79 Å². The third-order valence-corrected chi connectivity index (χ3v) is 1.53. The fraction of sp³-hybridized carbons (Fsp3) is 0.143. The molecule has 1 rings (SSSR count). The fourth-order valence-electron chi connectivity index (χ4n) is 0.751. The molecule has 3 N–H and O–H groups in total. The van der Waals surface area contributed by atoms with Crippen LogP contribution in [0.2, 0.25) is 5.15 Å². The van der Waals surface area contributed by atoms with Crippen molar-refractivity contribution in [3.05, 3.63) is 23.0 Å². The number of pyridine rings is 1. The molecule has 0 aliphatic rings. The second-order valence-corrected chi connectivity index (χ2v) is 2.64. The maximum Gasteiger partial charge on any atom is 0.316 e. The number of nitrogens with zero attached hydrogens (tertiary/aromatic N) is 1. The number of carbonyl (C=O) groups excluding carboxylic acids is 1. The Hall–Kier alpha value is -1.29. The smallest absolute Gasteiger partial charge is 0.316 e. The summed E-state index contributed by atoms with van der Waals surface area (Å²) in [4.78, 5) is 14.4. The van der Waals surface area contributed by atoms with Crippen LogP contribution in [0.25, 0.3) is 0 Å². The van der Waals surface area contributed by atoms with Gasteiger partial charge in [-0.05, 0) is 19.1 Å². The van der Waals surface area contributed by atoms with Gasteiger partial charge < -0.3 is 11.1 Å². The number of anilines is 1. The van der Waals surface area contributed by atoms with Crippen LogP contribution in [0.15, 0.2) is 12.1 Å². The number of aromatic nitrogens is 1. The van der Waals surface area contributed by atoms with E-state index in [-0.39, 0.29) is 5.15 Å². The zero-order valence-corrected chi connectivity index (χ0v) is 7.22. The van der Waals surface area contributed by atoms with Gasteiger partial charge in [-0.2, -0.15) is 0 Å². The number of rotatable bonds is 1. The third-order valence-electron chi connectivity index (χ3n) is 1.25. The maximum absolute atomic E-state index is 10.4. The van der Waals surface area contributed by atoms with Crippen molar-refractivity contribution >= 4 is 23.3 Å². The SMILES string of the molecule is Cc1ccc(NC(N)=O)c(Cl)n1. The summed E-state index contributed by atoms with van der Waals surface area (Å²) in [6, 6.07) is 2.73. The predicted octanol–water partition coefficient (Wildman–Crippen LogP) is 1.53. The molecule has 0 spiro atoms. The summed E-state index contributed by atoms with van der Waals surface area (Å²) >= 11 is 5.69. The summed E-state index contributed by atoms with van der Waals surface area (Å²) in [5.41, 5.74) is 6.11. The van der Waals surface area contributed by atoms with Gasteiger partial charge in [0, 0.05) is 5.69 Å². The second kappa shape index (κ2) is 3.40. The molecule has 1 aromatic rings. The van der Waals surface area contributed by atoms with Gasteiger partial charge in [-0.1, -0.05) is 11.6 Å². The Bertz CT molecular complexity index is 314. The van der Waals surface area contributed by atoms with Gasteiger partial charge in [0.1, 0.15) is 0 Å². The Balaban J connectivity index is 2.93. The highest BCUT2D eigenvalue weighted by molar-refractivity contribution is 6.32. The van der Waals surface area contributed by atoms with Gasteiger partial charge in [0.25, 0.3) is 0 Å². The van der Waals surface area contributed by atoms with Crippen LogP contribution >= 0.6 is 11.6 Å². The Morgan fingerprint density at radius 2 is 2.33 bits per heavy atom. The van der Waals surface area contributed by atoms with Crippen LogP contribution in [0.4, 0.5) is 10.5 Å². The molecule has 0 unspecified atom stereocenters.